The second-order valence-corrected chi connectivity index (χ2v) is 6.87. The van der Waals surface area contributed by atoms with E-state index in [1.165, 1.54) is 18.4 Å². The number of likely N-dealkylation sites (tertiary alicyclic amines) is 1. The molecule has 2 aliphatic rings. The Balaban J connectivity index is 1.60. The Hall–Kier alpha value is -1.39. The van der Waals surface area contributed by atoms with Crippen LogP contribution < -0.4 is 5.32 Å². The topological polar surface area (TPSA) is 35.6 Å². The Morgan fingerprint density at radius 1 is 1.26 bits per heavy atom. The third-order valence-corrected chi connectivity index (χ3v) is 5.17. The number of hydrogen-bond acceptors (Lipinski definition) is 3. The largest absolute Gasteiger partial charge is 0.337 e. The fourth-order valence-electron chi connectivity index (χ4n) is 3.51. The van der Waals surface area contributed by atoms with Gasteiger partial charge in [-0.1, -0.05) is 19.1 Å². The molecule has 1 unspecified atom stereocenters. The van der Waals surface area contributed by atoms with Gasteiger partial charge in [0.25, 0.3) is 5.91 Å². The molecule has 23 heavy (non-hydrogen) atoms. The van der Waals surface area contributed by atoms with Crippen molar-refractivity contribution in [2.24, 2.45) is 0 Å². The Kier molecular flexibility index (Phi) is 5.34. The fourth-order valence-corrected chi connectivity index (χ4v) is 3.51. The van der Waals surface area contributed by atoms with Crippen molar-refractivity contribution in [1.82, 2.24) is 15.1 Å². The lowest BCUT2D eigenvalue weighted by molar-refractivity contribution is 0.0698. The minimum Gasteiger partial charge on any atom is -0.337 e. The van der Waals surface area contributed by atoms with Crippen LogP contribution in [0.4, 0.5) is 0 Å². The predicted molar refractivity (Wildman–Crippen MR) is 93.5 cm³/mol. The molecule has 1 aliphatic carbocycles. The fraction of sp³-hybridized carbons (Fsp3) is 0.632. The van der Waals surface area contributed by atoms with E-state index in [-0.39, 0.29) is 5.91 Å². The summed E-state index contributed by atoms with van der Waals surface area (Å²) >= 11 is 0. The molecule has 1 aromatic carbocycles. The van der Waals surface area contributed by atoms with Crippen LogP contribution in [0.15, 0.2) is 24.3 Å². The molecule has 4 nitrogen and oxygen atoms in total. The summed E-state index contributed by atoms with van der Waals surface area (Å²) in [5, 5.41) is 3.29. The molecule has 1 saturated carbocycles. The third kappa shape index (κ3) is 4.12. The highest BCUT2D eigenvalue weighted by molar-refractivity contribution is 5.94. The van der Waals surface area contributed by atoms with Gasteiger partial charge < -0.3 is 10.2 Å². The zero-order valence-electron chi connectivity index (χ0n) is 14.4. The van der Waals surface area contributed by atoms with Crippen LogP contribution in [-0.4, -0.2) is 54.5 Å². The van der Waals surface area contributed by atoms with Gasteiger partial charge in [0, 0.05) is 37.3 Å². The molecule has 0 aromatic heterocycles. The van der Waals surface area contributed by atoms with Crippen molar-refractivity contribution in [2.75, 3.05) is 26.7 Å². The first-order chi connectivity index (χ1) is 11.2. The van der Waals surface area contributed by atoms with Crippen molar-refractivity contribution < 1.29 is 4.79 Å². The Labute approximate surface area is 139 Å². The molecule has 1 aromatic rings. The van der Waals surface area contributed by atoms with E-state index in [1.807, 2.05) is 24.1 Å². The quantitative estimate of drug-likeness (QED) is 0.876. The van der Waals surface area contributed by atoms with Gasteiger partial charge in [0.2, 0.25) is 0 Å². The standard InChI is InChI=1S/C19H29N3O/c1-3-21(18-10-11-18)13-15-6-8-16(9-7-15)19(23)22-12-4-5-17(14-22)20-2/h6-9,17-18,20H,3-5,10-14H2,1-2H3. The summed E-state index contributed by atoms with van der Waals surface area (Å²) in [5.74, 6) is 0.172. The van der Waals surface area contributed by atoms with Gasteiger partial charge in [-0.05, 0) is 57.0 Å². The molecule has 0 spiro atoms. The van der Waals surface area contributed by atoms with Crippen molar-refractivity contribution in [1.29, 1.82) is 0 Å². The van der Waals surface area contributed by atoms with Gasteiger partial charge in [0.05, 0.1) is 0 Å². The van der Waals surface area contributed by atoms with Gasteiger partial charge in [-0.15, -0.1) is 0 Å². The number of nitrogens with one attached hydrogen (secondary N) is 1. The molecule has 1 aliphatic heterocycles. The summed E-state index contributed by atoms with van der Waals surface area (Å²) < 4.78 is 0. The van der Waals surface area contributed by atoms with Crippen molar-refractivity contribution in [3.05, 3.63) is 35.4 Å². The van der Waals surface area contributed by atoms with Crippen LogP contribution >= 0.6 is 0 Å². The maximum atomic E-state index is 12.7. The molecule has 3 rings (SSSR count). The maximum absolute atomic E-state index is 12.7. The molecule has 1 N–H and O–H groups in total. The lowest BCUT2D eigenvalue weighted by atomic mass is 10.0. The maximum Gasteiger partial charge on any atom is 0.253 e. The van der Waals surface area contributed by atoms with Crippen molar-refractivity contribution in [2.45, 2.75) is 51.2 Å². The van der Waals surface area contributed by atoms with Crippen LogP contribution in [0.25, 0.3) is 0 Å². The molecule has 0 radical (unpaired) electrons. The first-order valence-electron chi connectivity index (χ1n) is 9.00. The van der Waals surface area contributed by atoms with E-state index in [0.717, 1.165) is 50.6 Å². The minimum absolute atomic E-state index is 0.172. The normalized spacial score (nSPS) is 21.7. The summed E-state index contributed by atoms with van der Waals surface area (Å²) in [6.07, 6.45) is 4.92. The highest BCUT2D eigenvalue weighted by atomic mass is 16.2. The third-order valence-electron chi connectivity index (χ3n) is 5.17. The van der Waals surface area contributed by atoms with Gasteiger partial charge in [-0.2, -0.15) is 0 Å². The summed E-state index contributed by atoms with van der Waals surface area (Å²) in [5.41, 5.74) is 2.13. The molecule has 2 fully saturated rings. The van der Waals surface area contributed by atoms with Crippen LogP contribution in [0.3, 0.4) is 0 Å². The van der Waals surface area contributed by atoms with Gasteiger partial charge in [-0.3, -0.25) is 9.69 Å². The van der Waals surface area contributed by atoms with E-state index < -0.39 is 0 Å². The summed E-state index contributed by atoms with van der Waals surface area (Å²) in [6.45, 7) is 6.03. The molecule has 1 heterocycles. The number of likely N-dealkylation sites (N-methyl/N-ethyl adjacent to an activating group) is 1. The smallest absolute Gasteiger partial charge is 0.253 e. The number of benzene rings is 1. The number of nitrogens with zero attached hydrogens (tertiary/aromatic N) is 2. The van der Waals surface area contributed by atoms with Crippen LogP contribution in [0, 0.1) is 0 Å². The molecular weight excluding hydrogens is 286 g/mol. The lowest BCUT2D eigenvalue weighted by Crippen LogP contribution is -2.46. The first kappa shape index (κ1) is 16.5. The van der Waals surface area contributed by atoms with Crippen molar-refractivity contribution in [3.63, 3.8) is 0 Å². The van der Waals surface area contributed by atoms with E-state index in [2.05, 4.69) is 29.3 Å². The van der Waals surface area contributed by atoms with Gasteiger partial charge >= 0.3 is 0 Å². The van der Waals surface area contributed by atoms with E-state index >= 15 is 0 Å². The Morgan fingerprint density at radius 2 is 2.00 bits per heavy atom. The van der Waals surface area contributed by atoms with Crippen LogP contribution in [0.1, 0.15) is 48.5 Å². The summed E-state index contributed by atoms with van der Waals surface area (Å²) in [7, 11) is 1.98. The number of rotatable bonds is 6. The number of carbonyl (C=O) groups is 1. The van der Waals surface area contributed by atoms with E-state index in [1.54, 1.807) is 0 Å². The summed E-state index contributed by atoms with van der Waals surface area (Å²) in [4.78, 5) is 17.2. The molecular formula is C19H29N3O. The zero-order valence-corrected chi connectivity index (χ0v) is 14.4. The number of carbonyl (C=O) groups excluding carboxylic acids is 1. The van der Waals surface area contributed by atoms with Crippen molar-refractivity contribution in [3.8, 4) is 0 Å². The Morgan fingerprint density at radius 3 is 2.61 bits per heavy atom. The average Bonchev–Trinajstić information content (AvgIpc) is 3.44. The van der Waals surface area contributed by atoms with Gasteiger partial charge in [-0.25, -0.2) is 0 Å². The highest BCUT2D eigenvalue weighted by Crippen LogP contribution is 2.28. The van der Waals surface area contributed by atoms with Crippen molar-refractivity contribution >= 4 is 5.91 Å². The molecule has 1 atom stereocenters. The molecule has 1 amide bonds. The first-order valence-corrected chi connectivity index (χ1v) is 9.00. The zero-order chi connectivity index (χ0) is 16.2. The second-order valence-electron chi connectivity index (χ2n) is 6.87. The van der Waals surface area contributed by atoms with E-state index in [4.69, 9.17) is 0 Å². The minimum atomic E-state index is 0.172. The van der Waals surface area contributed by atoms with E-state index in [9.17, 15) is 4.79 Å². The lowest BCUT2D eigenvalue weighted by Gasteiger charge is -2.32. The number of amides is 1. The molecule has 126 valence electrons. The average molecular weight is 315 g/mol. The van der Waals surface area contributed by atoms with Crippen LogP contribution in [-0.2, 0) is 6.54 Å². The summed E-state index contributed by atoms with van der Waals surface area (Å²) in [6, 6.07) is 9.47. The monoisotopic (exact) mass is 315 g/mol. The van der Waals surface area contributed by atoms with Gasteiger partial charge in [0.15, 0.2) is 0 Å². The number of piperidine rings is 1. The molecule has 0 bridgehead atoms. The predicted octanol–water partition coefficient (Wildman–Crippen LogP) is 2.49. The second kappa shape index (κ2) is 7.45. The van der Waals surface area contributed by atoms with E-state index in [0.29, 0.717) is 6.04 Å². The molecule has 1 saturated heterocycles. The highest BCUT2D eigenvalue weighted by Gasteiger charge is 2.28. The SMILES string of the molecule is CCN(Cc1ccc(C(=O)N2CCCC(NC)C2)cc1)C1CC1. The van der Waals surface area contributed by atoms with Crippen LogP contribution in [0.5, 0.6) is 0 Å². The molecule has 4 heteroatoms. The number of hydrogen-bond donors (Lipinski definition) is 1. The van der Waals surface area contributed by atoms with Gasteiger partial charge in [0.1, 0.15) is 0 Å². The van der Waals surface area contributed by atoms with Crippen LogP contribution in [0.2, 0.25) is 0 Å². The Bertz CT molecular complexity index is 524.